The summed E-state index contributed by atoms with van der Waals surface area (Å²) in [7, 11) is 0. The van der Waals surface area contributed by atoms with Crippen LogP contribution in [-0.2, 0) is 0 Å². The fourth-order valence-electron chi connectivity index (χ4n) is 1.41. The second kappa shape index (κ2) is 4.35. The van der Waals surface area contributed by atoms with E-state index in [0.717, 1.165) is 0 Å². The molecule has 6 nitrogen and oxygen atoms in total. The Morgan fingerprint density at radius 2 is 1.31 bits per heavy atom. The number of hydrogen-bond acceptors (Lipinski definition) is 4. The zero-order valence-corrected chi connectivity index (χ0v) is 8.25. The van der Waals surface area contributed by atoms with Gasteiger partial charge in [0, 0.05) is 12.4 Å². The van der Waals surface area contributed by atoms with E-state index >= 15 is 0 Å². The standard InChI is InChI=1S/C10H10N4O2/c15-13-9(7-3-1-5-11-7)10(14-16)8-4-2-6-12-8/h1-6,11-12,15-16H. The van der Waals surface area contributed by atoms with Crippen LogP contribution in [0, 0.1) is 0 Å². The largest absolute Gasteiger partial charge is 0.410 e. The highest BCUT2D eigenvalue weighted by molar-refractivity contribution is 6.52. The Balaban J connectivity index is 2.43. The molecule has 0 atom stereocenters. The molecule has 0 aliphatic carbocycles. The van der Waals surface area contributed by atoms with Gasteiger partial charge in [0.05, 0.1) is 11.4 Å². The van der Waals surface area contributed by atoms with Crippen LogP contribution >= 0.6 is 0 Å². The second-order valence-corrected chi connectivity index (χ2v) is 3.06. The van der Waals surface area contributed by atoms with Crippen LogP contribution in [-0.4, -0.2) is 31.8 Å². The summed E-state index contributed by atoms with van der Waals surface area (Å²) in [6.45, 7) is 0. The van der Waals surface area contributed by atoms with E-state index in [1.807, 2.05) is 0 Å². The Morgan fingerprint density at radius 3 is 1.56 bits per heavy atom. The Kier molecular flexibility index (Phi) is 2.73. The fraction of sp³-hybridized carbons (Fsp3) is 0. The first kappa shape index (κ1) is 10.0. The van der Waals surface area contributed by atoms with Crippen molar-refractivity contribution in [1.29, 1.82) is 0 Å². The number of nitrogens with one attached hydrogen (secondary N) is 2. The third-order valence-corrected chi connectivity index (χ3v) is 2.13. The van der Waals surface area contributed by atoms with Crippen molar-refractivity contribution < 1.29 is 10.4 Å². The first-order valence-corrected chi connectivity index (χ1v) is 4.59. The van der Waals surface area contributed by atoms with Gasteiger partial charge in [0.15, 0.2) is 11.4 Å². The molecule has 0 aliphatic heterocycles. The Bertz CT molecular complexity index is 449. The van der Waals surface area contributed by atoms with Crippen molar-refractivity contribution in [2.24, 2.45) is 10.3 Å². The minimum absolute atomic E-state index is 0.162. The number of oxime groups is 2. The van der Waals surface area contributed by atoms with Crippen LogP contribution in [0.5, 0.6) is 0 Å². The molecule has 2 aromatic rings. The number of H-pyrrole nitrogens is 2. The van der Waals surface area contributed by atoms with Crippen molar-refractivity contribution in [3.05, 3.63) is 48.0 Å². The van der Waals surface area contributed by atoms with E-state index < -0.39 is 0 Å². The van der Waals surface area contributed by atoms with Gasteiger partial charge in [-0.1, -0.05) is 10.3 Å². The molecule has 0 spiro atoms. The maximum absolute atomic E-state index is 8.96. The monoisotopic (exact) mass is 218 g/mol. The second-order valence-electron chi connectivity index (χ2n) is 3.06. The van der Waals surface area contributed by atoms with Crippen molar-refractivity contribution in [2.45, 2.75) is 0 Å². The van der Waals surface area contributed by atoms with Crippen LogP contribution in [0.25, 0.3) is 0 Å². The number of hydrogen-bond donors (Lipinski definition) is 4. The van der Waals surface area contributed by atoms with E-state index in [1.54, 1.807) is 36.7 Å². The summed E-state index contributed by atoms with van der Waals surface area (Å²) in [6.07, 6.45) is 3.37. The Labute approximate surface area is 90.9 Å². The summed E-state index contributed by atoms with van der Waals surface area (Å²) in [4.78, 5) is 5.74. The first-order chi connectivity index (χ1) is 7.86. The maximum Gasteiger partial charge on any atom is 0.157 e. The molecule has 0 unspecified atom stereocenters. The molecule has 16 heavy (non-hydrogen) atoms. The molecule has 2 rings (SSSR count). The third kappa shape index (κ3) is 1.68. The van der Waals surface area contributed by atoms with E-state index in [1.165, 1.54) is 0 Å². The van der Waals surface area contributed by atoms with Gasteiger partial charge in [-0.15, -0.1) is 0 Å². The highest BCUT2D eigenvalue weighted by Crippen LogP contribution is 2.06. The molecule has 4 N–H and O–H groups in total. The van der Waals surface area contributed by atoms with Gasteiger partial charge in [0.2, 0.25) is 0 Å². The number of nitrogens with zero attached hydrogens (tertiary/aromatic N) is 2. The summed E-state index contributed by atoms with van der Waals surface area (Å²) < 4.78 is 0. The van der Waals surface area contributed by atoms with Gasteiger partial charge in [-0.05, 0) is 24.3 Å². The molecular formula is C10H10N4O2. The van der Waals surface area contributed by atoms with Crippen molar-refractivity contribution in [2.75, 3.05) is 0 Å². The van der Waals surface area contributed by atoms with Gasteiger partial charge in [-0.3, -0.25) is 0 Å². The van der Waals surface area contributed by atoms with Crippen LogP contribution in [0.1, 0.15) is 11.4 Å². The molecular weight excluding hydrogens is 208 g/mol. The molecule has 6 heteroatoms. The van der Waals surface area contributed by atoms with Crippen LogP contribution in [0.4, 0.5) is 0 Å². The maximum atomic E-state index is 8.96. The molecule has 0 radical (unpaired) electrons. The lowest BCUT2D eigenvalue weighted by Gasteiger charge is -2.02. The topological polar surface area (TPSA) is 96.8 Å². The predicted octanol–water partition coefficient (Wildman–Crippen LogP) is 1.40. The van der Waals surface area contributed by atoms with E-state index in [-0.39, 0.29) is 11.4 Å². The highest BCUT2D eigenvalue weighted by atomic mass is 16.4. The van der Waals surface area contributed by atoms with Gasteiger partial charge in [0.25, 0.3) is 0 Å². The summed E-state index contributed by atoms with van der Waals surface area (Å²) in [5, 5.41) is 24.2. The molecule has 0 fully saturated rings. The Morgan fingerprint density at radius 1 is 0.875 bits per heavy atom. The lowest BCUT2D eigenvalue weighted by molar-refractivity contribution is 0.314. The summed E-state index contributed by atoms with van der Waals surface area (Å²) in [5.41, 5.74) is 1.44. The molecule has 2 aromatic heterocycles. The van der Waals surface area contributed by atoms with Gasteiger partial charge in [-0.2, -0.15) is 0 Å². The molecule has 0 saturated heterocycles. The minimum atomic E-state index is 0.162. The molecule has 0 bridgehead atoms. The zero-order valence-electron chi connectivity index (χ0n) is 8.25. The van der Waals surface area contributed by atoms with Crippen LogP contribution < -0.4 is 0 Å². The van der Waals surface area contributed by atoms with E-state index in [2.05, 4.69) is 20.3 Å². The summed E-state index contributed by atoms with van der Waals surface area (Å²) in [5.74, 6) is 0. The predicted molar refractivity (Wildman–Crippen MR) is 58.2 cm³/mol. The average Bonchev–Trinajstić information content (AvgIpc) is 2.97. The molecule has 0 aliphatic rings. The van der Waals surface area contributed by atoms with E-state index in [0.29, 0.717) is 11.4 Å². The van der Waals surface area contributed by atoms with Crippen LogP contribution in [0.2, 0.25) is 0 Å². The van der Waals surface area contributed by atoms with Gasteiger partial charge >= 0.3 is 0 Å². The van der Waals surface area contributed by atoms with Crippen molar-refractivity contribution in [1.82, 2.24) is 9.97 Å². The normalized spacial score (nSPS) is 13.0. The molecule has 0 amide bonds. The van der Waals surface area contributed by atoms with Crippen LogP contribution in [0.3, 0.4) is 0 Å². The molecule has 82 valence electrons. The number of aromatic amines is 2. The number of aromatic nitrogens is 2. The van der Waals surface area contributed by atoms with Crippen molar-refractivity contribution >= 4 is 11.4 Å². The quantitative estimate of drug-likeness (QED) is 0.356. The van der Waals surface area contributed by atoms with Gasteiger partial charge in [-0.25, -0.2) is 0 Å². The minimum Gasteiger partial charge on any atom is -0.410 e. The molecule has 0 saturated carbocycles. The lowest BCUT2D eigenvalue weighted by Crippen LogP contribution is -2.18. The first-order valence-electron chi connectivity index (χ1n) is 4.59. The SMILES string of the molecule is ON=C(C(=NO)c1ccc[nH]1)c1ccc[nH]1. The van der Waals surface area contributed by atoms with E-state index in [9.17, 15) is 0 Å². The van der Waals surface area contributed by atoms with Gasteiger partial charge < -0.3 is 20.4 Å². The summed E-state index contributed by atoms with van der Waals surface area (Å²) in [6, 6.07) is 6.93. The van der Waals surface area contributed by atoms with Gasteiger partial charge in [0.1, 0.15) is 0 Å². The smallest absolute Gasteiger partial charge is 0.157 e. The Hall–Kier alpha value is -2.50. The molecule has 2 heterocycles. The van der Waals surface area contributed by atoms with Crippen LogP contribution in [0.15, 0.2) is 47.0 Å². The number of rotatable bonds is 3. The average molecular weight is 218 g/mol. The highest BCUT2D eigenvalue weighted by Gasteiger charge is 2.17. The van der Waals surface area contributed by atoms with E-state index in [4.69, 9.17) is 10.4 Å². The third-order valence-electron chi connectivity index (χ3n) is 2.13. The molecule has 0 aromatic carbocycles. The van der Waals surface area contributed by atoms with Crippen molar-refractivity contribution in [3.8, 4) is 0 Å². The van der Waals surface area contributed by atoms with Crippen molar-refractivity contribution in [3.63, 3.8) is 0 Å². The fourth-order valence-corrected chi connectivity index (χ4v) is 1.41. The lowest BCUT2D eigenvalue weighted by atomic mass is 10.1. The zero-order chi connectivity index (χ0) is 11.4. The summed E-state index contributed by atoms with van der Waals surface area (Å²) >= 11 is 0.